The van der Waals surface area contributed by atoms with Gasteiger partial charge in [0.05, 0.1) is 36.7 Å². The van der Waals surface area contributed by atoms with Crippen LogP contribution >= 0.6 is 0 Å². The van der Waals surface area contributed by atoms with Crippen molar-refractivity contribution >= 4 is 27.6 Å². The molecule has 1 aliphatic heterocycles. The molecule has 43 heavy (non-hydrogen) atoms. The van der Waals surface area contributed by atoms with E-state index < -0.39 is 5.97 Å². The Balaban J connectivity index is 1.26. The number of carboxylic acid groups (broad SMARTS) is 1. The molecule has 0 amide bonds. The van der Waals surface area contributed by atoms with E-state index in [1.54, 1.807) is 4.68 Å². The van der Waals surface area contributed by atoms with Crippen LogP contribution in [0.15, 0.2) is 60.7 Å². The Morgan fingerprint density at radius 1 is 1.05 bits per heavy atom. The molecule has 1 fully saturated rings. The summed E-state index contributed by atoms with van der Waals surface area (Å²) in [6.07, 6.45) is 4.53. The minimum Gasteiger partial charge on any atom is -0.493 e. The van der Waals surface area contributed by atoms with Crippen LogP contribution in [0, 0.1) is 0 Å². The lowest BCUT2D eigenvalue weighted by Gasteiger charge is -2.22. The number of aryl methyl sites for hydroxylation is 2. The fraction of sp³-hybridized carbons (Fsp3) is 0.353. The molecule has 9 heteroatoms. The molecule has 0 saturated carbocycles. The summed E-state index contributed by atoms with van der Waals surface area (Å²) in [5.41, 5.74) is 4.66. The number of hydrogen-bond donors (Lipinski definition) is 3. The zero-order valence-corrected chi connectivity index (χ0v) is 24.3. The van der Waals surface area contributed by atoms with E-state index in [4.69, 9.17) is 19.3 Å². The van der Waals surface area contributed by atoms with Crippen LogP contribution in [0.25, 0.3) is 32.8 Å². The van der Waals surface area contributed by atoms with E-state index in [0.29, 0.717) is 50.3 Å². The molecule has 224 valence electrons. The largest absolute Gasteiger partial charge is 0.493 e. The van der Waals surface area contributed by atoms with E-state index in [0.717, 1.165) is 63.6 Å². The molecule has 3 aromatic carbocycles. The number of aromatic amines is 1. The summed E-state index contributed by atoms with van der Waals surface area (Å²) < 4.78 is 19.5. The minimum atomic E-state index is -1.01. The summed E-state index contributed by atoms with van der Waals surface area (Å²) in [4.78, 5) is 15.6. The molecule has 5 aromatic rings. The number of para-hydroxylation sites is 1. The lowest BCUT2D eigenvalue weighted by molar-refractivity contribution is -0.161. The number of fused-ring (bicyclic) bond motifs is 2. The zero-order valence-electron chi connectivity index (χ0n) is 24.3. The normalized spacial score (nSPS) is 15.3. The second kappa shape index (κ2) is 13.0. The molecule has 0 spiro atoms. The maximum absolute atomic E-state index is 12.4. The van der Waals surface area contributed by atoms with Crippen molar-refractivity contribution in [3.8, 4) is 16.9 Å². The van der Waals surface area contributed by atoms with Gasteiger partial charge in [0.1, 0.15) is 11.4 Å². The molecule has 2 aromatic heterocycles. The average Bonchev–Trinajstić information content (AvgIpc) is 3.56. The number of hydrogen-bond acceptors (Lipinski definition) is 6. The lowest BCUT2D eigenvalue weighted by atomic mass is 9.97. The average molecular weight is 584 g/mol. The Hall–Kier alpha value is -4.18. The Kier molecular flexibility index (Phi) is 8.74. The van der Waals surface area contributed by atoms with Crippen LogP contribution in [-0.4, -0.2) is 57.1 Å². The second-order valence-electron chi connectivity index (χ2n) is 10.9. The molecular weight excluding hydrogens is 546 g/mol. The first-order chi connectivity index (χ1) is 21.0. The van der Waals surface area contributed by atoms with Crippen molar-refractivity contribution in [3.05, 3.63) is 83.3 Å². The van der Waals surface area contributed by atoms with Crippen LogP contribution in [0.5, 0.6) is 5.75 Å². The molecule has 1 unspecified atom stereocenters. The quantitative estimate of drug-likeness (QED) is 0.154. The first-order valence-corrected chi connectivity index (χ1v) is 14.9. The number of ether oxygens (including phenoxy) is 3. The van der Waals surface area contributed by atoms with Crippen molar-refractivity contribution in [3.63, 3.8) is 0 Å². The van der Waals surface area contributed by atoms with Gasteiger partial charge >= 0.3 is 5.97 Å². The Bertz CT molecular complexity index is 1730. The van der Waals surface area contributed by atoms with Crippen LogP contribution in [-0.2, 0) is 36.0 Å². The summed E-state index contributed by atoms with van der Waals surface area (Å²) in [6, 6.07) is 19.9. The SMILES string of the molecule is Cn1nc(CCOC2CCCCO2)c(-c2cccc3c(CCCOc4cccc5ccccc45)c(C(=O)O)[nH]c23)c1CO. The van der Waals surface area contributed by atoms with E-state index in [2.05, 4.69) is 17.1 Å². The van der Waals surface area contributed by atoms with Crippen LogP contribution in [0.4, 0.5) is 0 Å². The van der Waals surface area contributed by atoms with Crippen molar-refractivity contribution in [2.24, 2.45) is 7.05 Å². The van der Waals surface area contributed by atoms with E-state index in [1.807, 2.05) is 55.6 Å². The molecular formula is C34H37N3O6. The van der Waals surface area contributed by atoms with Gasteiger partial charge in [0.25, 0.3) is 0 Å². The van der Waals surface area contributed by atoms with E-state index >= 15 is 0 Å². The Labute approximate surface area is 250 Å². The van der Waals surface area contributed by atoms with Crippen LogP contribution in [0.2, 0.25) is 0 Å². The van der Waals surface area contributed by atoms with Crippen molar-refractivity contribution in [2.45, 2.75) is 51.4 Å². The third kappa shape index (κ3) is 6.01. The van der Waals surface area contributed by atoms with Crippen molar-refractivity contribution < 1.29 is 29.2 Å². The maximum Gasteiger partial charge on any atom is 0.352 e. The van der Waals surface area contributed by atoms with Crippen molar-refractivity contribution in [1.82, 2.24) is 14.8 Å². The number of benzene rings is 3. The van der Waals surface area contributed by atoms with Crippen molar-refractivity contribution in [1.29, 1.82) is 0 Å². The van der Waals surface area contributed by atoms with Crippen LogP contribution in [0.1, 0.15) is 53.1 Å². The predicted octanol–water partition coefficient (Wildman–Crippen LogP) is 6.01. The number of carboxylic acids is 1. The number of carbonyl (C=O) groups is 1. The number of aromatic nitrogens is 3. The predicted molar refractivity (Wildman–Crippen MR) is 164 cm³/mol. The Morgan fingerprint density at radius 3 is 2.67 bits per heavy atom. The summed E-state index contributed by atoms with van der Waals surface area (Å²) in [7, 11) is 1.81. The highest BCUT2D eigenvalue weighted by Crippen LogP contribution is 2.36. The lowest BCUT2D eigenvalue weighted by Crippen LogP contribution is -2.23. The third-order valence-electron chi connectivity index (χ3n) is 8.17. The van der Waals surface area contributed by atoms with Gasteiger partial charge in [-0.1, -0.05) is 54.6 Å². The number of aliphatic hydroxyl groups is 1. The molecule has 0 radical (unpaired) electrons. The van der Waals surface area contributed by atoms with Gasteiger partial charge < -0.3 is 29.4 Å². The molecule has 0 aliphatic carbocycles. The number of nitrogens with one attached hydrogen (secondary N) is 1. The number of rotatable bonds is 12. The third-order valence-corrected chi connectivity index (χ3v) is 8.17. The van der Waals surface area contributed by atoms with Gasteiger partial charge in [0.2, 0.25) is 0 Å². The second-order valence-corrected chi connectivity index (χ2v) is 10.9. The maximum atomic E-state index is 12.4. The van der Waals surface area contributed by atoms with Gasteiger partial charge in [-0.25, -0.2) is 4.79 Å². The molecule has 0 bridgehead atoms. The summed E-state index contributed by atoms with van der Waals surface area (Å²) in [5, 5.41) is 28.1. The molecule has 9 nitrogen and oxygen atoms in total. The van der Waals surface area contributed by atoms with Gasteiger partial charge in [0.15, 0.2) is 6.29 Å². The van der Waals surface area contributed by atoms with Crippen LogP contribution < -0.4 is 4.74 Å². The zero-order chi connectivity index (χ0) is 29.8. The molecule has 3 heterocycles. The molecule has 1 atom stereocenters. The molecule has 1 aliphatic rings. The van der Waals surface area contributed by atoms with E-state index in [9.17, 15) is 15.0 Å². The number of nitrogens with zero attached hydrogens (tertiary/aromatic N) is 2. The number of H-pyrrole nitrogens is 1. The highest BCUT2D eigenvalue weighted by atomic mass is 16.7. The molecule has 3 N–H and O–H groups in total. The van der Waals surface area contributed by atoms with E-state index in [-0.39, 0.29) is 18.6 Å². The smallest absolute Gasteiger partial charge is 0.352 e. The highest BCUT2D eigenvalue weighted by molar-refractivity contribution is 6.03. The molecule has 1 saturated heterocycles. The summed E-state index contributed by atoms with van der Waals surface area (Å²) in [6.45, 7) is 1.40. The highest BCUT2D eigenvalue weighted by Gasteiger charge is 2.24. The van der Waals surface area contributed by atoms with Gasteiger partial charge in [-0.2, -0.15) is 5.10 Å². The summed E-state index contributed by atoms with van der Waals surface area (Å²) in [5.74, 6) is -0.195. The topological polar surface area (TPSA) is 119 Å². The monoisotopic (exact) mass is 583 g/mol. The standard InChI is InChI=1S/C34H37N3O6/c1-37-28(21-38)31(27(36-37)17-20-43-30-16-4-5-18-42-30)26-13-7-12-24-25(33(34(39)40)35-32(24)26)14-8-19-41-29-15-6-10-22-9-2-3-11-23(22)29/h2-3,6-7,9-13,15,30,35,38H,4-5,8,14,16-21H2,1H3,(H,39,40). The molecule has 6 rings (SSSR count). The Morgan fingerprint density at radius 2 is 1.86 bits per heavy atom. The minimum absolute atomic E-state index is 0.168. The number of aliphatic hydroxyl groups excluding tert-OH is 1. The van der Waals surface area contributed by atoms with Gasteiger partial charge in [-0.3, -0.25) is 4.68 Å². The van der Waals surface area contributed by atoms with Gasteiger partial charge in [-0.15, -0.1) is 0 Å². The fourth-order valence-electron chi connectivity index (χ4n) is 6.09. The summed E-state index contributed by atoms with van der Waals surface area (Å²) >= 11 is 0. The first-order valence-electron chi connectivity index (χ1n) is 14.9. The van der Waals surface area contributed by atoms with Crippen molar-refractivity contribution in [2.75, 3.05) is 19.8 Å². The first kappa shape index (κ1) is 28.9. The van der Waals surface area contributed by atoms with E-state index in [1.165, 1.54) is 0 Å². The van der Waals surface area contributed by atoms with Gasteiger partial charge in [0, 0.05) is 42.0 Å². The van der Waals surface area contributed by atoms with Crippen LogP contribution in [0.3, 0.4) is 0 Å². The van der Waals surface area contributed by atoms with Gasteiger partial charge in [-0.05, 0) is 49.1 Å². The number of aromatic carboxylic acids is 1. The fourth-order valence-corrected chi connectivity index (χ4v) is 6.09.